The van der Waals surface area contributed by atoms with E-state index < -0.39 is 0 Å². The quantitative estimate of drug-likeness (QED) is 0.569. The Morgan fingerprint density at radius 3 is 2.18 bits per heavy atom. The molecule has 0 aliphatic rings. The van der Waals surface area contributed by atoms with E-state index in [1.54, 1.807) is 0 Å². The molecule has 0 rings (SSSR count). The Hall–Kier alpha value is 0.350. The molecule has 68 valence electrons. The van der Waals surface area contributed by atoms with Crippen LogP contribution in [0.2, 0.25) is 0 Å². The molecule has 0 aliphatic carbocycles. The molecule has 0 aromatic rings. The highest BCUT2D eigenvalue weighted by Crippen LogP contribution is 2.22. The van der Waals surface area contributed by atoms with Crippen molar-refractivity contribution in [1.29, 1.82) is 0 Å². The highest BCUT2D eigenvalue weighted by Gasteiger charge is 2.08. The van der Waals surface area contributed by atoms with Crippen molar-refractivity contribution >= 4 is 11.8 Å². The third kappa shape index (κ3) is 10.4. The molecular formula is C10H22S. The molecule has 1 heteroatoms. The van der Waals surface area contributed by atoms with E-state index in [0.29, 0.717) is 5.41 Å². The Morgan fingerprint density at radius 1 is 1.09 bits per heavy atom. The molecule has 0 heterocycles. The van der Waals surface area contributed by atoms with Crippen molar-refractivity contribution in [2.24, 2.45) is 5.41 Å². The molecule has 0 radical (unpaired) electrons. The van der Waals surface area contributed by atoms with E-state index in [1.807, 2.05) is 0 Å². The second-order valence-electron chi connectivity index (χ2n) is 4.21. The predicted molar refractivity (Wildman–Crippen MR) is 56.3 cm³/mol. The molecule has 0 bridgehead atoms. The predicted octanol–water partition coefficient (Wildman–Crippen LogP) is 3.96. The fraction of sp³-hybridized carbons (Fsp3) is 1.00. The van der Waals surface area contributed by atoms with Crippen molar-refractivity contribution in [2.75, 3.05) is 11.5 Å². The highest BCUT2D eigenvalue weighted by atomic mass is 32.2. The van der Waals surface area contributed by atoms with Crippen LogP contribution < -0.4 is 0 Å². The van der Waals surface area contributed by atoms with Crippen molar-refractivity contribution in [2.45, 2.75) is 47.0 Å². The van der Waals surface area contributed by atoms with Gasteiger partial charge in [0.05, 0.1) is 0 Å². The van der Waals surface area contributed by atoms with Crippen LogP contribution in [0.15, 0.2) is 0 Å². The number of unbranched alkanes of at least 4 members (excludes halogenated alkanes) is 1. The monoisotopic (exact) mass is 174 g/mol. The lowest BCUT2D eigenvalue weighted by Crippen LogP contribution is -2.04. The minimum Gasteiger partial charge on any atom is -0.162 e. The van der Waals surface area contributed by atoms with Crippen LogP contribution in [0.4, 0.5) is 0 Å². The van der Waals surface area contributed by atoms with Crippen molar-refractivity contribution in [3.63, 3.8) is 0 Å². The molecule has 0 atom stereocenters. The standard InChI is InChI=1S/C10H22S/c1-5-11-9-7-6-8-10(2,3)4/h5-9H2,1-4H3. The molecule has 0 saturated heterocycles. The zero-order valence-electron chi connectivity index (χ0n) is 8.44. The van der Waals surface area contributed by atoms with Gasteiger partial charge in [-0.25, -0.2) is 0 Å². The number of rotatable bonds is 5. The van der Waals surface area contributed by atoms with Gasteiger partial charge in [0.15, 0.2) is 0 Å². The molecule has 0 aromatic heterocycles. The van der Waals surface area contributed by atoms with Gasteiger partial charge in [0.1, 0.15) is 0 Å². The van der Waals surface area contributed by atoms with Gasteiger partial charge in [-0.2, -0.15) is 11.8 Å². The molecule has 0 nitrogen and oxygen atoms in total. The zero-order chi connectivity index (χ0) is 8.74. The summed E-state index contributed by atoms with van der Waals surface area (Å²) in [6.45, 7) is 9.19. The van der Waals surface area contributed by atoms with E-state index in [1.165, 1.54) is 30.8 Å². The van der Waals surface area contributed by atoms with Gasteiger partial charge in [-0.15, -0.1) is 0 Å². The van der Waals surface area contributed by atoms with Crippen molar-refractivity contribution in [1.82, 2.24) is 0 Å². The lowest BCUT2D eigenvalue weighted by molar-refractivity contribution is 0.364. The second-order valence-corrected chi connectivity index (χ2v) is 5.61. The first kappa shape index (κ1) is 11.4. The Bertz CT molecular complexity index is 81.4. The third-order valence-corrected chi connectivity index (χ3v) is 2.66. The summed E-state index contributed by atoms with van der Waals surface area (Å²) in [4.78, 5) is 0. The van der Waals surface area contributed by atoms with E-state index >= 15 is 0 Å². The van der Waals surface area contributed by atoms with Gasteiger partial charge in [-0.05, 0) is 29.8 Å². The van der Waals surface area contributed by atoms with Gasteiger partial charge in [0.2, 0.25) is 0 Å². The number of thioether (sulfide) groups is 1. The maximum atomic E-state index is 2.32. The Labute approximate surface area is 76.1 Å². The maximum absolute atomic E-state index is 2.32. The first-order chi connectivity index (χ1) is 5.06. The summed E-state index contributed by atoms with van der Waals surface area (Å²) in [7, 11) is 0. The van der Waals surface area contributed by atoms with Gasteiger partial charge in [-0.3, -0.25) is 0 Å². The summed E-state index contributed by atoms with van der Waals surface area (Å²) in [5.74, 6) is 2.63. The van der Waals surface area contributed by atoms with E-state index in [0.717, 1.165) is 0 Å². The molecule has 0 fully saturated rings. The first-order valence-electron chi connectivity index (χ1n) is 4.64. The van der Waals surface area contributed by atoms with Gasteiger partial charge < -0.3 is 0 Å². The summed E-state index contributed by atoms with van der Waals surface area (Å²) in [6.07, 6.45) is 4.17. The van der Waals surface area contributed by atoms with Gasteiger partial charge in [-0.1, -0.05) is 34.1 Å². The zero-order valence-corrected chi connectivity index (χ0v) is 9.26. The molecule has 0 saturated carbocycles. The SMILES string of the molecule is CCSCCCCC(C)(C)C. The van der Waals surface area contributed by atoms with Crippen LogP contribution in [0.25, 0.3) is 0 Å². The maximum Gasteiger partial charge on any atom is -0.00676 e. The van der Waals surface area contributed by atoms with Crippen molar-refractivity contribution in [3.05, 3.63) is 0 Å². The van der Waals surface area contributed by atoms with Gasteiger partial charge in [0.25, 0.3) is 0 Å². The number of hydrogen-bond acceptors (Lipinski definition) is 1. The van der Waals surface area contributed by atoms with Crippen LogP contribution in [-0.4, -0.2) is 11.5 Å². The average molecular weight is 174 g/mol. The molecule has 0 aromatic carbocycles. The summed E-state index contributed by atoms with van der Waals surface area (Å²) >= 11 is 2.06. The Morgan fingerprint density at radius 2 is 1.73 bits per heavy atom. The largest absolute Gasteiger partial charge is 0.162 e. The summed E-state index contributed by atoms with van der Waals surface area (Å²) in [5, 5.41) is 0. The highest BCUT2D eigenvalue weighted by molar-refractivity contribution is 7.99. The van der Waals surface area contributed by atoms with Crippen LogP contribution in [0.3, 0.4) is 0 Å². The summed E-state index contributed by atoms with van der Waals surface area (Å²) in [6, 6.07) is 0. The van der Waals surface area contributed by atoms with E-state index in [2.05, 4.69) is 39.5 Å². The second kappa shape index (κ2) is 5.93. The van der Waals surface area contributed by atoms with E-state index in [4.69, 9.17) is 0 Å². The van der Waals surface area contributed by atoms with Crippen LogP contribution in [0.1, 0.15) is 47.0 Å². The molecule has 11 heavy (non-hydrogen) atoms. The molecule has 0 spiro atoms. The Balaban J connectivity index is 3.02. The smallest absolute Gasteiger partial charge is 0.00676 e. The fourth-order valence-electron chi connectivity index (χ4n) is 1.00. The molecular weight excluding hydrogens is 152 g/mol. The van der Waals surface area contributed by atoms with Crippen LogP contribution >= 0.6 is 11.8 Å². The minimum atomic E-state index is 0.539. The lowest BCUT2D eigenvalue weighted by atomic mass is 9.90. The molecule has 0 aliphatic heterocycles. The minimum absolute atomic E-state index is 0.539. The molecule has 0 amide bonds. The van der Waals surface area contributed by atoms with Gasteiger partial charge >= 0.3 is 0 Å². The third-order valence-electron chi connectivity index (χ3n) is 1.67. The number of hydrogen-bond donors (Lipinski definition) is 0. The van der Waals surface area contributed by atoms with Crippen LogP contribution in [0, 0.1) is 5.41 Å². The molecule has 0 unspecified atom stereocenters. The van der Waals surface area contributed by atoms with Crippen molar-refractivity contribution in [3.8, 4) is 0 Å². The van der Waals surface area contributed by atoms with Crippen LogP contribution in [-0.2, 0) is 0 Å². The average Bonchev–Trinajstić information content (AvgIpc) is 1.85. The van der Waals surface area contributed by atoms with Crippen molar-refractivity contribution < 1.29 is 0 Å². The molecule has 0 N–H and O–H groups in total. The van der Waals surface area contributed by atoms with E-state index in [9.17, 15) is 0 Å². The van der Waals surface area contributed by atoms with Gasteiger partial charge in [0, 0.05) is 0 Å². The fourth-order valence-corrected chi connectivity index (χ4v) is 1.70. The first-order valence-corrected chi connectivity index (χ1v) is 5.79. The van der Waals surface area contributed by atoms with E-state index in [-0.39, 0.29) is 0 Å². The lowest BCUT2D eigenvalue weighted by Gasteiger charge is -2.17. The summed E-state index contributed by atoms with van der Waals surface area (Å²) < 4.78 is 0. The summed E-state index contributed by atoms with van der Waals surface area (Å²) in [5.41, 5.74) is 0.539. The topological polar surface area (TPSA) is 0 Å². The van der Waals surface area contributed by atoms with Crippen LogP contribution in [0.5, 0.6) is 0 Å². The normalized spacial score (nSPS) is 12.0. The Kier molecular flexibility index (Phi) is 6.12.